The van der Waals surface area contributed by atoms with Crippen LogP contribution in [0.15, 0.2) is 60.8 Å². The number of allylic oxidation sites excluding steroid dienone is 1. The summed E-state index contributed by atoms with van der Waals surface area (Å²) in [6, 6.07) is 17.8. The van der Waals surface area contributed by atoms with Crippen LogP contribution in [0, 0.1) is 0 Å². The van der Waals surface area contributed by atoms with E-state index in [0.29, 0.717) is 50.9 Å². The molecule has 1 aromatic heterocycles. The third-order valence-corrected chi connectivity index (χ3v) is 16.5. The number of imide groups is 2. The minimum Gasteiger partial charge on any atom is -0.377 e. The van der Waals surface area contributed by atoms with Crippen molar-refractivity contribution in [2.75, 3.05) is 13.1 Å². The molecule has 4 aliphatic rings. The summed E-state index contributed by atoms with van der Waals surface area (Å²) in [4.78, 5) is 76.6. The van der Waals surface area contributed by atoms with E-state index in [9.17, 15) is 0 Å². The van der Waals surface area contributed by atoms with E-state index in [1.54, 1.807) is 9.80 Å². The largest absolute Gasteiger partial charge is 0.377 e. The number of hydrogen-bond acceptors (Lipinski definition) is 6. The van der Waals surface area contributed by atoms with Crippen LogP contribution in [0.3, 0.4) is 0 Å². The number of fused-ring (bicyclic) bond motifs is 5. The van der Waals surface area contributed by atoms with E-state index in [-0.39, 0.29) is 35.7 Å². The molecule has 9 nitrogen and oxygen atoms in total. The summed E-state index contributed by atoms with van der Waals surface area (Å²) in [5.41, 5.74) is 6.55. The molecule has 1 fully saturated rings. The summed E-state index contributed by atoms with van der Waals surface area (Å²) >= 11 is 0. The molecule has 10 rings (SSSR count). The van der Waals surface area contributed by atoms with E-state index < -0.39 is 0 Å². The predicted octanol–water partition coefficient (Wildman–Crippen LogP) is 14.6. The Morgan fingerprint density at radius 1 is 0.549 bits per heavy atom. The Balaban J connectivity index is 1.23. The summed E-state index contributed by atoms with van der Waals surface area (Å²) in [7, 11) is 0. The molecule has 0 atom stereocenters. The van der Waals surface area contributed by atoms with Crippen molar-refractivity contribution >= 4 is 78.1 Å². The van der Waals surface area contributed by atoms with Gasteiger partial charge in [-0.1, -0.05) is 173 Å². The van der Waals surface area contributed by atoms with E-state index >= 15 is 19.2 Å². The van der Waals surface area contributed by atoms with E-state index in [1.807, 2.05) is 42.5 Å². The van der Waals surface area contributed by atoms with Gasteiger partial charge in [0.05, 0.1) is 16.6 Å². The fourth-order valence-corrected chi connectivity index (χ4v) is 12.9. The number of nitrogens with one attached hydrogen (secondary N) is 1. The first-order chi connectivity index (χ1) is 34.8. The Morgan fingerprint density at radius 3 is 1.69 bits per heavy atom. The summed E-state index contributed by atoms with van der Waals surface area (Å²) in [6.45, 7) is 10.7. The first-order valence-electron chi connectivity index (χ1n) is 28.0. The van der Waals surface area contributed by atoms with Crippen molar-refractivity contribution in [3.05, 3.63) is 88.3 Å². The summed E-state index contributed by atoms with van der Waals surface area (Å²) in [6.07, 6.45) is 25.4. The zero-order valence-electron chi connectivity index (χ0n) is 43.0. The Morgan fingerprint density at radius 2 is 1.10 bits per heavy atom. The molecule has 0 spiro atoms. The Hall–Kier alpha value is -5.83. The van der Waals surface area contributed by atoms with Crippen LogP contribution in [0.25, 0.3) is 65.9 Å². The van der Waals surface area contributed by atoms with Crippen molar-refractivity contribution in [1.82, 2.24) is 24.7 Å². The molecule has 372 valence electrons. The molecule has 1 saturated heterocycles. The number of imidazole rings is 1. The van der Waals surface area contributed by atoms with Gasteiger partial charge >= 0.3 is 0 Å². The summed E-state index contributed by atoms with van der Waals surface area (Å²) in [5, 5.41) is 5.82. The first-order valence-corrected chi connectivity index (χ1v) is 28.0. The van der Waals surface area contributed by atoms with Gasteiger partial charge in [0.25, 0.3) is 23.6 Å². The molecular formula is C62H75N5O4. The quantitative estimate of drug-likeness (QED) is 0.0280. The Kier molecular flexibility index (Phi) is 14.8. The highest BCUT2D eigenvalue weighted by Crippen LogP contribution is 2.50. The van der Waals surface area contributed by atoms with Crippen LogP contribution in [-0.2, 0) is 4.79 Å². The molecule has 1 N–H and O–H groups in total. The van der Waals surface area contributed by atoms with Gasteiger partial charge in [-0.2, -0.15) is 0 Å². The maximum absolute atomic E-state index is 15.7. The Bertz CT molecular complexity index is 3060. The highest BCUT2D eigenvalue weighted by Gasteiger charge is 2.43. The van der Waals surface area contributed by atoms with Crippen molar-refractivity contribution in [2.24, 2.45) is 0 Å². The van der Waals surface area contributed by atoms with Crippen molar-refractivity contribution < 1.29 is 19.2 Å². The molecular weight excluding hydrogens is 879 g/mol. The second-order valence-corrected chi connectivity index (χ2v) is 21.3. The van der Waals surface area contributed by atoms with Crippen LogP contribution in [0.4, 0.5) is 0 Å². The minimum absolute atomic E-state index is 0.152. The maximum Gasteiger partial charge on any atom is 0.263 e. The summed E-state index contributed by atoms with van der Waals surface area (Å²) in [5.74, 6) is -0.172. The molecule has 4 amide bonds. The van der Waals surface area contributed by atoms with Crippen LogP contribution < -0.4 is 5.22 Å². The SMILES string of the molecule is CCCCCCC(CCCCCC)N1C(=O)C2=c3c(ccc4c3c(c3ccc5c6c(c7[nH]c(-c8ccccc8)nc7c4c36)C(=O)N(C(CCCCCC)CCCCCC)C5=O)C(=CN3CCCC3)C2)C1=O. The molecule has 5 aromatic carbocycles. The van der Waals surface area contributed by atoms with Gasteiger partial charge in [0, 0.05) is 81.4 Å². The van der Waals surface area contributed by atoms with Crippen LogP contribution in [0.5, 0.6) is 0 Å². The van der Waals surface area contributed by atoms with Gasteiger partial charge in [-0.15, -0.1) is 0 Å². The maximum atomic E-state index is 15.7. The van der Waals surface area contributed by atoms with Crippen LogP contribution in [0.2, 0.25) is 0 Å². The molecule has 0 bridgehead atoms. The van der Waals surface area contributed by atoms with Crippen LogP contribution >= 0.6 is 0 Å². The number of H-pyrrole nitrogens is 1. The lowest BCUT2D eigenvalue weighted by Gasteiger charge is -2.37. The van der Waals surface area contributed by atoms with Gasteiger partial charge in [0.1, 0.15) is 5.82 Å². The number of nitrogens with zero attached hydrogens (tertiary/aromatic N) is 4. The number of amides is 4. The summed E-state index contributed by atoms with van der Waals surface area (Å²) < 4.78 is 0. The zero-order chi connectivity index (χ0) is 49.2. The number of carbonyl (C=O) groups is 4. The molecule has 6 aromatic rings. The zero-order valence-corrected chi connectivity index (χ0v) is 43.0. The number of rotatable bonds is 24. The molecule has 1 aliphatic carbocycles. The van der Waals surface area contributed by atoms with Crippen LogP contribution in [0.1, 0.15) is 212 Å². The van der Waals surface area contributed by atoms with E-state index in [1.165, 1.54) is 0 Å². The fourth-order valence-electron chi connectivity index (χ4n) is 12.9. The molecule has 9 heteroatoms. The van der Waals surface area contributed by atoms with Crippen molar-refractivity contribution in [2.45, 2.75) is 187 Å². The lowest BCUT2D eigenvalue weighted by Crippen LogP contribution is -2.51. The van der Waals surface area contributed by atoms with Crippen molar-refractivity contribution in [3.63, 3.8) is 0 Å². The smallest absolute Gasteiger partial charge is 0.263 e. The molecule has 3 aliphatic heterocycles. The fraction of sp³-hybridized carbons (Fsp3) is 0.500. The Labute approximate surface area is 420 Å². The molecule has 0 saturated carbocycles. The number of benzene rings is 5. The van der Waals surface area contributed by atoms with Gasteiger partial charge in [-0.25, -0.2) is 4.98 Å². The highest BCUT2D eigenvalue weighted by molar-refractivity contribution is 6.42. The third-order valence-electron chi connectivity index (χ3n) is 16.5. The van der Waals surface area contributed by atoms with Gasteiger partial charge in [-0.05, 0) is 78.0 Å². The van der Waals surface area contributed by atoms with Crippen LogP contribution in [-0.4, -0.2) is 73.5 Å². The van der Waals surface area contributed by atoms with E-state index in [4.69, 9.17) is 4.98 Å². The number of likely N-dealkylation sites (tertiary alicyclic amines) is 1. The van der Waals surface area contributed by atoms with Gasteiger partial charge in [-0.3, -0.25) is 29.0 Å². The molecule has 71 heavy (non-hydrogen) atoms. The third kappa shape index (κ3) is 8.88. The number of hydrogen-bond donors (Lipinski definition) is 1. The second kappa shape index (κ2) is 21.5. The van der Waals surface area contributed by atoms with E-state index in [2.05, 4.69) is 55.9 Å². The monoisotopic (exact) mass is 954 g/mol. The number of unbranched alkanes of at least 4 members (excludes halogenated alkanes) is 12. The predicted molar refractivity (Wildman–Crippen MR) is 290 cm³/mol. The topological polar surface area (TPSA) is 107 Å². The highest BCUT2D eigenvalue weighted by atomic mass is 16.2. The molecule has 0 unspecified atom stereocenters. The van der Waals surface area contributed by atoms with Gasteiger partial charge in [0.15, 0.2) is 0 Å². The van der Waals surface area contributed by atoms with Crippen molar-refractivity contribution in [1.29, 1.82) is 0 Å². The number of aromatic amines is 1. The van der Waals surface area contributed by atoms with Gasteiger partial charge in [0.2, 0.25) is 0 Å². The number of aromatic nitrogens is 2. The first kappa shape index (κ1) is 48.8. The van der Waals surface area contributed by atoms with Crippen molar-refractivity contribution in [3.8, 4) is 11.4 Å². The molecule has 4 heterocycles. The number of carbonyl (C=O) groups excluding carboxylic acids is 4. The lowest BCUT2D eigenvalue weighted by molar-refractivity contribution is -0.125. The molecule has 0 radical (unpaired) electrons. The van der Waals surface area contributed by atoms with E-state index in [0.717, 1.165) is 203 Å². The normalized spacial score (nSPS) is 16.5. The lowest BCUT2D eigenvalue weighted by atomic mass is 9.76. The average Bonchev–Trinajstić information content (AvgIpc) is 4.08. The second-order valence-electron chi connectivity index (χ2n) is 21.3. The average molecular weight is 954 g/mol. The van der Waals surface area contributed by atoms with Gasteiger partial charge < -0.3 is 9.88 Å². The minimum atomic E-state index is -0.251. The standard InChI is InChI=1S/C62H75N5O4/c1-5-9-13-20-28-42(29-21-14-10-6-2)66-59(68)46-34-33-45-51-49(41(39-65-36-24-25-37-65)38-48(50(46)51)61(66)70)44-32-35-47-53-52(44)54(45)56-57(64-58(63-56)40-26-18-17-19-27-40)55(53)62(71)67(60(47)69)43(30-22-15-11-7-3)31-23-16-12-8-4/h17-19,26-27,32-35,39,42-43H,5-16,20-25,28-31,36-38H2,1-4H3,(H,63,64).